The van der Waals surface area contributed by atoms with Gasteiger partial charge in [0.25, 0.3) is 0 Å². The minimum absolute atomic E-state index is 0.104. The fourth-order valence-corrected chi connectivity index (χ4v) is 14.0. The molecule has 0 rings (SSSR count). The average Bonchev–Trinajstić information content (AvgIpc) is 0.999. The normalized spacial score (nSPS) is 14.5. The number of rotatable bonds is 79. The molecule has 0 saturated carbocycles. The average molecular weight is 1470 g/mol. The van der Waals surface area contributed by atoms with Crippen LogP contribution < -0.4 is 0 Å². The van der Waals surface area contributed by atoms with Crippen molar-refractivity contribution in [3.05, 3.63) is 0 Å². The van der Waals surface area contributed by atoms with E-state index in [1.807, 2.05) is 0 Å². The van der Waals surface area contributed by atoms with Crippen LogP contribution in [0.15, 0.2) is 0 Å². The quantitative estimate of drug-likeness (QED) is 0.0222. The third-order valence-electron chi connectivity index (χ3n) is 19.6. The molecule has 0 heterocycles. The smallest absolute Gasteiger partial charge is 0.462 e. The van der Waals surface area contributed by atoms with Crippen molar-refractivity contribution in [3.63, 3.8) is 0 Å². The molecule has 0 saturated heterocycles. The topological polar surface area (TPSA) is 237 Å². The van der Waals surface area contributed by atoms with E-state index in [-0.39, 0.29) is 25.7 Å². The zero-order valence-corrected chi connectivity index (χ0v) is 67.5. The van der Waals surface area contributed by atoms with Crippen LogP contribution in [0.25, 0.3) is 0 Å². The predicted molar refractivity (Wildman–Crippen MR) is 409 cm³/mol. The fourth-order valence-electron chi connectivity index (χ4n) is 12.4. The van der Waals surface area contributed by atoms with Crippen LogP contribution in [-0.4, -0.2) is 96.7 Å². The van der Waals surface area contributed by atoms with Crippen LogP contribution >= 0.6 is 15.6 Å². The van der Waals surface area contributed by atoms with Gasteiger partial charge in [-0.1, -0.05) is 370 Å². The van der Waals surface area contributed by atoms with Gasteiger partial charge in [0.1, 0.15) is 19.3 Å². The lowest BCUT2D eigenvalue weighted by Gasteiger charge is -2.21. The first-order chi connectivity index (χ1) is 48.3. The van der Waals surface area contributed by atoms with Crippen LogP contribution in [0.4, 0.5) is 0 Å². The van der Waals surface area contributed by atoms with E-state index >= 15 is 0 Å². The molecular weight excluding hydrogens is 1310 g/mol. The number of carbonyl (C=O) groups is 4. The molecule has 0 aliphatic carbocycles. The van der Waals surface area contributed by atoms with E-state index in [0.717, 1.165) is 114 Å². The summed E-state index contributed by atoms with van der Waals surface area (Å²) in [6.45, 7) is 11.9. The van der Waals surface area contributed by atoms with Gasteiger partial charge in [0, 0.05) is 25.7 Å². The van der Waals surface area contributed by atoms with Gasteiger partial charge in [0.2, 0.25) is 0 Å². The number of hydrogen-bond donors (Lipinski definition) is 3. The van der Waals surface area contributed by atoms with E-state index in [1.54, 1.807) is 0 Å². The molecule has 17 nitrogen and oxygen atoms in total. The second-order valence-electron chi connectivity index (χ2n) is 30.1. The van der Waals surface area contributed by atoms with Crippen molar-refractivity contribution in [2.75, 3.05) is 39.6 Å². The third kappa shape index (κ3) is 71.7. The monoisotopic (exact) mass is 1470 g/mol. The first kappa shape index (κ1) is 98.1. The highest BCUT2D eigenvalue weighted by Crippen LogP contribution is 2.45. The second-order valence-corrected chi connectivity index (χ2v) is 33.0. The summed E-state index contributed by atoms with van der Waals surface area (Å²) in [5, 5.41) is 10.6. The van der Waals surface area contributed by atoms with Crippen LogP contribution in [0.1, 0.15) is 421 Å². The Labute approximate surface area is 613 Å². The van der Waals surface area contributed by atoms with E-state index in [1.165, 1.54) is 225 Å². The summed E-state index contributed by atoms with van der Waals surface area (Å²) in [5.74, 6) is 0.183. The van der Waals surface area contributed by atoms with Crippen molar-refractivity contribution >= 4 is 39.5 Å². The summed E-state index contributed by atoms with van der Waals surface area (Å²) < 4.78 is 68.7. The van der Waals surface area contributed by atoms with Gasteiger partial charge < -0.3 is 33.8 Å². The van der Waals surface area contributed by atoms with Crippen molar-refractivity contribution in [2.45, 2.75) is 439 Å². The zero-order chi connectivity index (χ0) is 73.7. The molecule has 100 heavy (non-hydrogen) atoms. The standard InChI is InChI=1S/C81H158O17P2/c1-8-11-12-13-14-15-16-17-18-19-20-21-22-23-24-29-32-35-41-50-57-64-80(85)97-76(68-91-78(83)62-55-48-40-34-31-28-26-25-27-30-33-39-46-53-60-73(6)9-2)70-95-99(87,88)93-66-75(82)67-94-100(89,90)96-71-77(69-92-79(84)63-56-49-44-43-47-54-61-74(7)10-3)98-81(86)65-58-51-42-37-36-38-45-52-59-72(4)5/h72-77,82H,8-71H2,1-7H3,(H,87,88)(H,89,90)/t73?,74?,75-,76-,77-/m1/s1. The molecule has 0 bridgehead atoms. The molecule has 0 aromatic heterocycles. The van der Waals surface area contributed by atoms with Crippen LogP contribution in [0.5, 0.6) is 0 Å². The van der Waals surface area contributed by atoms with Gasteiger partial charge in [-0.2, -0.15) is 0 Å². The molecule has 594 valence electrons. The number of aliphatic hydroxyl groups is 1. The number of carbonyl (C=O) groups excluding carboxylic acids is 4. The molecule has 0 spiro atoms. The summed E-state index contributed by atoms with van der Waals surface area (Å²) in [4.78, 5) is 73.0. The molecule has 3 N–H and O–H groups in total. The lowest BCUT2D eigenvalue weighted by Crippen LogP contribution is -2.30. The van der Waals surface area contributed by atoms with Crippen molar-refractivity contribution in [2.24, 2.45) is 17.8 Å². The molecule has 0 aliphatic heterocycles. The second kappa shape index (κ2) is 71.3. The molecule has 0 aromatic rings. The number of aliphatic hydroxyl groups excluding tert-OH is 1. The fraction of sp³-hybridized carbons (Fsp3) is 0.951. The van der Waals surface area contributed by atoms with Gasteiger partial charge in [-0.15, -0.1) is 0 Å². The first-order valence-corrected chi connectivity index (χ1v) is 44.9. The number of hydrogen-bond acceptors (Lipinski definition) is 15. The van der Waals surface area contributed by atoms with Crippen molar-refractivity contribution in [1.82, 2.24) is 0 Å². The molecule has 7 atom stereocenters. The Kier molecular flexibility index (Phi) is 69.9. The Morgan fingerprint density at radius 2 is 0.510 bits per heavy atom. The first-order valence-electron chi connectivity index (χ1n) is 41.9. The van der Waals surface area contributed by atoms with Crippen LogP contribution in [0, 0.1) is 17.8 Å². The third-order valence-corrected chi connectivity index (χ3v) is 21.5. The lowest BCUT2D eigenvalue weighted by atomic mass is 9.99. The Hall–Kier alpha value is -1.94. The lowest BCUT2D eigenvalue weighted by molar-refractivity contribution is -0.161. The Morgan fingerprint density at radius 3 is 0.760 bits per heavy atom. The number of unbranched alkanes of at least 4 members (excludes halogenated alkanes) is 45. The number of phosphoric ester groups is 2. The summed E-state index contributed by atoms with van der Waals surface area (Å²) in [7, 11) is -9.92. The van der Waals surface area contributed by atoms with E-state index in [9.17, 15) is 43.2 Å². The Morgan fingerprint density at radius 1 is 0.290 bits per heavy atom. The highest BCUT2D eigenvalue weighted by Gasteiger charge is 2.30. The maximum Gasteiger partial charge on any atom is 0.472 e. The van der Waals surface area contributed by atoms with Crippen molar-refractivity contribution < 1.29 is 80.2 Å². The van der Waals surface area contributed by atoms with E-state index in [2.05, 4.69) is 48.5 Å². The molecule has 0 radical (unpaired) electrons. The molecular formula is C81H158O17P2. The molecule has 0 fully saturated rings. The highest BCUT2D eigenvalue weighted by molar-refractivity contribution is 7.47. The maximum atomic E-state index is 13.1. The number of ether oxygens (including phenoxy) is 4. The summed E-state index contributed by atoms with van der Waals surface area (Å²) in [5.41, 5.74) is 0. The van der Waals surface area contributed by atoms with Gasteiger partial charge in [-0.25, -0.2) is 9.13 Å². The van der Waals surface area contributed by atoms with E-state index in [0.29, 0.717) is 25.7 Å². The highest BCUT2D eigenvalue weighted by atomic mass is 31.2. The van der Waals surface area contributed by atoms with Gasteiger partial charge in [0.05, 0.1) is 26.4 Å². The van der Waals surface area contributed by atoms with Crippen molar-refractivity contribution in [1.29, 1.82) is 0 Å². The van der Waals surface area contributed by atoms with E-state index < -0.39 is 97.5 Å². The molecule has 19 heteroatoms. The minimum Gasteiger partial charge on any atom is -0.462 e. The van der Waals surface area contributed by atoms with Gasteiger partial charge in [-0.05, 0) is 43.4 Å². The maximum absolute atomic E-state index is 13.1. The summed E-state index contributed by atoms with van der Waals surface area (Å²) >= 11 is 0. The number of esters is 4. The Bertz CT molecular complexity index is 1940. The molecule has 0 aliphatic rings. The minimum atomic E-state index is -4.96. The van der Waals surface area contributed by atoms with E-state index in [4.69, 9.17) is 37.0 Å². The van der Waals surface area contributed by atoms with Crippen LogP contribution in [0.3, 0.4) is 0 Å². The van der Waals surface area contributed by atoms with Crippen molar-refractivity contribution in [3.8, 4) is 0 Å². The van der Waals surface area contributed by atoms with Gasteiger partial charge >= 0.3 is 39.5 Å². The number of phosphoric acid groups is 2. The van der Waals surface area contributed by atoms with Crippen LogP contribution in [0.2, 0.25) is 0 Å². The SMILES string of the molecule is CCCCCCCCCCCCCCCCCCCCCCCC(=O)O[C@H](COC(=O)CCCCCCCCCCCCCCCCC(C)CC)COP(=O)(O)OC[C@@H](O)COP(=O)(O)OC[C@@H](COC(=O)CCCCCCCCC(C)CC)OC(=O)CCCCCCCCCCC(C)C. The predicted octanol–water partition coefficient (Wildman–Crippen LogP) is 24.1. The van der Waals surface area contributed by atoms with Crippen LogP contribution in [-0.2, 0) is 65.4 Å². The van der Waals surface area contributed by atoms with Gasteiger partial charge in [0.15, 0.2) is 12.2 Å². The summed E-state index contributed by atoms with van der Waals surface area (Å²) in [6, 6.07) is 0. The molecule has 0 aromatic carbocycles. The van der Waals surface area contributed by atoms with Gasteiger partial charge in [-0.3, -0.25) is 37.3 Å². The Balaban J connectivity index is 5.21. The largest absolute Gasteiger partial charge is 0.472 e. The zero-order valence-electron chi connectivity index (χ0n) is 65.7. The molecule has 0 amide bonds. The summed E-state index contributed by atoms with van der Waals surface area (Å²) in [6.07, 6.45) is 59.9. The molecule has 4 unspecified atom stereocenters.